The van der Waals surface area contributed by atoms with E-state index in [1.807, 2.05) is 31.3 Å². The Balaban J connectivity index is 1.49. The van der Waals surface area contributed by atoms with E-state index in [0.717, 1.165) is 37.1 Å². The fourth-order valence-electron chi connectivity index (χ4n) is 3.08. The van der Waals surface area contributed by atoms with Crippen LogP contribution in [0.4, 0.5) is 5.69 Å². The minimum Gasteiger partial charge on any atom is -0.488 e. The second-order valence-electron chi connectivity index (χ2n) is 6.73. The van der Waals surface area contributed by atoms with Crippen LogP contribution in [-0.2, 0) is 4.79 Å². The molecule has 2 aliphatic rings. The number of benzene rings is 1. The van der Waals surface area contributed by atoms with Crippen molar-refractivity contribution in [1.29, 1.82) is 0 Å². The normalized spacial score (nSPS) is 24.5. The third kappa shape index (κ3) is 4.69. The molecular weight excluding hydrogens is 292 g/mol. The van der Waals surface area contributed by atoms with Gasteiger partial charge in [0.1, 0.15) is 11.9 Å². The molecule has 3 rings (SSSR count). The highest BCUT2D eigenvalue weighted by Crippen LogP contribution is 2.26. The fourth-order valence-corrected chi connectivity index (χ4v) is 3.08. The first-order valence-corrected chi connectivity index (χ1v) is 8.57. The van der Waals surface area contributed by atoms with Crippen molar-refractivity contribution in [3.05, 3.63) is 24.3 Å². The van der Waals surface area contributed by atoms with Crippen LogP contribution in [0.15, 0.2) is 24.3 Å². The lowest BCUT2D eigenvalue weighted by Crippen LogP contribution is -2.34. The minimum absolute atomic E-state index is 0.00997. The molecule has 1 aromatic carbocycles. The Labute approximate surface area is 137 Å². The van der Waals surface area contributed by atoms with Gasteiger partial charge in [0.05, 0.1) is 12.6 Å². The molecule has 2 aliphatic carbocycles. The molecule has 5 heteroatoms. The quantitative estimate of drug-likeness (QED) is 0.845. The summed E-state index contributed by atoms with van der Waals surface area (Å²) in [5.41, 5.74) is 0.774. The fraction of sp³-hybridized carbons (Fsp3) is 0.611. The van der Waals surface area contributed by atoms with E-state index in [2.05, 4.69) is 10.2 Å². The predicted octanol–water partition coefficient (Wildman–Crippen LogP) is 2.40. The highest BCUT2D eigenvalue weighted by molar-refractivity contribution is 5.92. The summed E-state index contributed by atoms with van der Waals surface area (Å²) in [6, 6.07) is 7.97. The maximum Gasteiger partial charge on any atom is 0.238 e. The van der Waals surface area contributed by atoms with E-state index in [9.17, 15) is 9.90 Å². The summed E-state index contributed by atoms with van der Waals surface area (Å²) in [5.74, 6) is 0.750. The summed E-state index contributed by atoms with van der Waals surface area (Å²) in [7, 11) is 1.99. The predicted molar refractivity (Wildman–Crippen MR) is 89.6 cm³/mol. The summed E-state index contributed by atoms with van der Waals surface area (Å²) < 4.78 is 5.86. The third-order valence-corrected chi connectivity index (χ3v) is 4.66. The van der Waals surface area contributed by atoms with Gasteiger partial charge in [-0.15, -0.1) is 0 Å². The molecule has 2 saturated carbocycles. The molecule has 23 heavy (non-hydrogen) atoms. The number of aliphatic hydroxyl groups excluding tert-OH is 1. The zero-order valence-corrected chi connectivity index (χ0v) is 13.7. The number of nitrogens with one attached hydrogen (secondary N) is 1. The summed E-state index contributed by atoms with van der Waals surface area (Å²) >= 11 is 0. The van der Waals surface area contributed by atoms with Crippen LogP contribution >= 0.6 is 0 Å². The molecule has 5 nitrogen and oxygen atoms in total. The number of amides is 1. The molecule has 1 amide bonds. The van der Waals surface area contributed by atoms with Crippen molar-refractivity contribution in [2.45, 2.75) is 56.8 Å². The lowest BCUT2D eigenvalue weighted by molar-refractivity contribution is -0.117. The Hall–Kier alpha value is -1.59. The lowest BCUT2D eigenvalue weighted by atomic mass is 9.95. The summed E-state index contributed by atoms with van der Waals surface area (Å²) in [6.45, 7) is 0.428. The van der Waals surface area contributed by atoms with Crippen molar-refractivity contribution in [3.8, 4) is 5.75 Å². The number of carbonyl (C=O) groups is 1. The van der Waals surface area contributed by atoms with Gasteiger partial charge >= 0.3 is 0 Å². The van der Waals surface area contributed by atoms with Crippen molar-refractivity contribution in [2.24, 2.45) is 0 Å². The van der Waals surface area contributed by atoms with Crippen LogP contribution in [0.1, 0.15) is 38.5 Å². The molecule has 0 saturated heterocycles. The molecular formula is C18H26N2O3. The number of ether oxygens (including phenoxy) is 1. The van der Waals surface area contributed by atoms with Crippen molar-refractivity contribution < 1.29 is 14.6 Å². The monoisotopic (exact) mass is 318 g/mol. The van der Waals surface area contributed by atoms with E-state index in [1.54, 1.807) is 0 Å². The number of aliphatic hydroxyl groups is 1. The van der Waals surface area contributed by atoms with Crippen LogP contribution < -0.4 is 10.1 Å². The largest absolute Gasteiger partial charge is 0.488 e. The van der Waals surface area contributed by atoms with Crippen molar-refractivity contribution in [2.75, 3.05) is 18.9 Å². The second kappa shape index (κ2) is 7.32. The first-order valence-electron chi connectivity index (χ1n) is 8.57. The minimum atomic E-state index is -0.374. The zero-order valence-electron chi connectivity index (χ0n) is 13.7. The Bertz CT molecular complexity index is 528. The standard InChI is InChI=1S/C18H26N2O3/c1-20(14-8-9-14)12-18(22)19-13-6-10-15(11-7-13)23-17-5-3-2-4-16(17)21/h6-7,10-11,14,16-17,21H,2-5,8-9,12H2,1H3,(H,19,22). The van der Waals surface area contributed by atoms with Crippen LogP contribution in [-0.4, -0.2) is 47.8 Å². The number of carbonyl (C=O) groups excluding carboxylic acids is 1. The molecule has 0 spiro atoms. The van der Waals surface area contributed by atoms with Crippen LogP contribution in [0.3, 0.4) is 0 Å². The number of likely N-dealkylation sites (N-methyl/N-ethyl adjacent to an activating group) is 1. The van der Waals surface area contributed by atoms with E-state index >= 15 is 0 Å². The van der Waals surface area contributed by atoms with E-state index in [-0.39, 0.29) is 18.1 Å². The Morgan fingerprint density at radius 2 is 1.91 bits per heavy atom. The number of nitrogens with zero attached hydrogens (tertiary/aromatic N) is 1. The molecule has 2 unspecified atom stereocenters. The highest BCUT2D eigenvalue weighted by Gasteiger charge is 2.27. The molecule has 2 N–H and O–H groups in total. The maximum atomic E-state index is 12.0. The molecule has 2 atom stereocenters. The third-order valence-electron chi connectivity index (χ3n) is 4.66. The SMILES string of the molecule is CN(CC(=O)Nc1ccc(OC2CCCCC2O)cc1)C1CC1. The van der Waals surface area contributed by atoms with Crippen LogP contribution in [0.25, 0.3) is 0 Å². The van der Waals surface area contributed by atoms with Gasteiger partial charge in [0.2, 0.25) is 5.91 Å². The average molecular weight is 318 g/mol. The Morgan fingerprint density at radius 3 is 2.57 bits per heavy atom. The number of hydrogen-bond donors (Lipinski definition) is 2. The van der Waals surface area contributed by atoms with E-state index in [4.69, 9.17) is 4.74 Å². The maximum absolute atomic E-state index is 12.0. The molecule has 0 radical (unpaired) electrons. The van der Waals surface area contributed by atoms with Crippen molar-refractivity contribution in [1.82, 2.24) is 4.90 Å². The smallest absolute Gasteiger partial charge is 0.238 e. The van der Waals surface area contributed by atoms with E-state index in [1.165, 1.54) is 12.8 Å². The molecule has 2 fully saturated rings. The molecule has 0 bridgehead atoms. The molecule has 1 aromatic rings. The lowest BCUT2D eigenvalue weighted by Gasteiger charge is -2.28. The van der Waals surface area contributed by atoms with Crippen molar-refractivity contribution >= 4 is 11.6 Å². The first kappa shape index (κ1) is 16.3. The van der Waals surface area contributed by atoms with Gasteiger partial charge in [-0.05, 0) is 63.4 Å². The Kier molecular flexibility index (Phi) is 5.18. The van der Waals surface area contributed by atoms with E-state index < -0.39 is 0 Å². The average Bonchev–Trinajstić information content (AvgIpc) is 3.36. The molecule has 0 heterocycles. The van der Waals surface area contributed by atoms with Crippen LogP contribution in [0.5, 0.6) is 5.75 Å². The molecule has 0 aromatic heterocycles. The summed E-state index contributed by atoms with van der Waals surface area (Å²) in [6.07, 6.45) is 5.79. The van der Waals surface area contributed by atoms with Gasteiger partial charge in [0.15, 0.2) is 0 Å². The van der Waals surface area contributed by atoms with Gasteiger partial charge in [-0.2, -0.15) is 0 Å². The first-order chi connectivity index (χ1) is 11.1. The highest BCUT2D eigenvalue weighted by atomic mass is 16.5. The van der Waals surface area contributed by atoms with Crippen LogP contribution in [0.2, 0.25) is 0 Å². The van der Waals surface area contributed by atoms with E-state index in [0.29, 0.717) is 12.6 Å². The van der Waals surface area contributed by atoms with Gasteiger partial charge < -0.3 is 15.2 Å². The van der Waals surface area contributed by atoms with Gasteiger partial charge in [-0.1, -0.05) is 6.42 Å². The van der Waals surface area contributed by atoms with Gasteiger partial charge in [-0.3, -0.25) is 9.69 Å². The second-order valence-corrected chi connectivity index (χ2v) is 6.73. The van der Waals surface area contributed by atoms with Crippen LogP contribution in [0, 0.1) is 0 Å². The Morgan fingerprint density at radius 1 is 1.22 bits per heavy atom. The van der Waals surface area contributed by atoms with Gasteiger partial charge in [0.25, 0.3) is 0 Å². The summed E-state index contributed by atoms with van der Waals surface area (Å²) in [5, 5.41) is 12.9. The molecule has 0 aliphatic heterocycles. The van der Waals surface area contributed by atoms with Crippen molar-refractivity contribution in [3.63, 3.8) is 0 Å². The molecule has 126 valence electrons. The topological polar surface area (TPSA) is 61.8 Å². The van der Waals surface area contributed by atoms with Gasteiger partial charge in [0, 0.05) is 11.7 Å². The summed E-state index contributed by atoms with van der Waals surface area (Å²) in [4.78, 5) is 14.1. The zero-order chi connectivity index (χ0) is 16.2. The van der Waals surface area contributed by atoms with Gasteiger partial charge in [-0.25, -0.2) is 0 Å². The number of anilines is 1. The number of rotatable bonds is 6. The number of hydrogen-bond acceptors (Lipinski definition) is 4.